The largest absolute Gasteiger partial charge is 0.493 e. The van der Waals surface area contributed by atoms with Crippen molar-refractivity contribution in [2.75, 3.05) is 12.4 Å². The zero-order valence-electron chi connectivity index (χ0n) is 16.6. The van der Waals surface area contributed by atoms with E-state index in [1.807, 2.05) is 13.8 Å². The summed E-state index contributed by atoms with van der Waals surface area (Å²) in [6.07, 6.45) is -0.510. The summed E-state index contributed by atoms with van der Waals surface area (Å²) in [5, 5.41) is 12.4. The molecule has 1 aliphatic heterocycles. The number of anilines is 1. The Labute approximate surface area is 167 Å². The number of carbonyl (C=O) groups is 1. The summed E-state index contributed by atoms with van der Waals surface area (Å²) in [6.45, 7) is 5.29. The highest BCUT2D eigenvalue weighted by Crippen LogP contribution is 2.44. The van der Waals surface area contributed by atoms with Gasteiger partial charge in [-0.25, -0.2) is 4.39 Å². The van der Waals surface area contributed by atoms with Gasteiger partial charge in [-0.3, -0.25) is 9.78 Å². The Morgan fingerprint density at radius 3 is 2.69 bits per heavy atom. The minimum atomic E-state index is -1.09. The van der Waals surface area contributed by atoms with Crippen LogP contribution in [0.5, 0.6) is 5.75 Å². The van der Waals surface area contributed by atoms with Crippen molar-refractivity contribution >= 4 is 11.6 Å². The summed E-state index contributed by atoms with van der Waals surface area (Å²) in [6, 6.07) is 5.62. The van der Waals surface area contributed by atoms with Gasteiger partial charge in [-0.1, -0.05) is 13.0 Å². The smallest absolute Gasteiger partial charge is 0.254 e. The predicted octanol–water partition coefficient (Wildman–Crippen LogP) is 3.57. The van der Waals surface area contributed by atoms with Crippen LogP contribution < -0.4 is 10.1 Å². The second kappa shape index (κ2) is 8.42. The molecule has 0 radical (unpaired) electrons. The van der Waals surface area contributed by atoms with Crippen LogP contribution in [0.3, 0.4) is 0 Å². The Morgan fingerprint density at radius 2 is 2.03 bits per heavy atom. The normalized spacial score (nSPS) is 24.9. The van der Waals surface area contributed by atoms with E-state index >= 15 is 0 Å². The molecule has 1 aliphatic rings. The molecule has 6 nitrogen and oxygen atoms in total. The maximum atomic E-state index is 14.3. The zero-order valence-corrected chi connectivity index (χ0v) is 16.6. The first-order valence-electron chi connectivity index (χ1n) is 9.36. The van der Waals surface area contributed by atoms with Crippen molar-refractivity contribution < 1.29 is 28.2 Å². The number of aliphatic hydroxyl groups is 1. The third-order valence-corrected chi connectivity index (χ3v) is 5.37. The zero-order chi connectivity index (χ0) is 21.3. The number of nitrogens with one attached hydrogen (secondary N) is 1. The minimum absolute atomic E-state index is 0.144. The maximum Gasteiger partial charge on any atom is 0.254 e. The number of halogens is 2. The first kappa shape index (κ1) is 21.1. The average Bonchev–Trinajstić information content (AvgIpc) is 2.99. The quantitative estimate of drug-likeness (QED) is 0.794. The van der Waals surface area contributed by atoms with Crippen molar-refractivity contribution in [2.45, 2.75) is 45.0 Å². The number of carbonyl (C=O) groups excluding carboxylic acids is 1. The van der Waals surface area contributed by atoms with Crippen molar-refractivity contribution in [1.82, 2.24) is 4.98 Å². The number of aliphatic hydroxyl groups excluding tert-OH is 1. The number of rotatable bonds is 5. The van der Waals surface area contributed by atoms with Gasteiger partial charge in [0.25, 0.3) is 5.91 Å². The minimum Gasteiger partial charge on any atom is -0.493 e. The lowest BCUT2D eigenvalue weighted by Crippen LogP contribution is -2.33. The van der Waals surface area contributed by atoms with Crippen molar-refractivity contribution in [1.29, 1.82) is 0 Å². The number of nitrogens with zero attached hydrogens (tertiary/aromatic N) is 1. The van der Waals surface area contributed by atoms with E-state index in [4.69, 9.17) is 9.47 Å². The van der Waals surface area contributed by atoms with Crippen molar-refractivity contribution in [3.8, 4) is 5.75 Å². The maximum absolute atomic E-state index is 14.3. The molecule has 3 unspecified atom stereocenters. The van der Waals surface area contributed by atoms with Crippen LogP contribution in [-0.2, 0) is 9.53 Å². The Morgan fingerprint density at radius 1 is 1.31 bits per heavy atom. The van der Waals surface area contributed by atoms with Crippen molar-refractivity contribution in [2.24, 2.45) is 5.92 Å². The molecule has 156 valence electrons. The highest BCUT2D eigenvalue weighted by Gasteiger charge is 2.46. The molecule has 1 saturated heterocycles. The summed E-state index contributed by atoms with van der Waals surface area (Å²) >= 11 is 0. The number of benzene rings is 1. The van der Waals surface area contributed by atoms with Gasteiger partial charge in [0.15, 0.2) is 11.6 Å². The molecule has 1 amide bonds. The van der Waals surface area contributed by atoms with Crippen molar-refractivity contribution in [3.63, 3.8) is 0 Å². The second-order valence-electron chi connectivity index (χ2n) is 7.27. The Balaban J connectivity index is 1.93. The van der Waals surface area contributed by atoms with E-state index in [0.717, 1.165) is 6.07 Å². The highest BCUT2D eigenvalue weighted by atomic mass is 19.2. The summed E-state index contributed by atoms with van der Waals surface area (Å²) in [4.78, 5) is 17.0. The van der Waals surface area contributed by atoms with Crippen LogP contribution >= 0.6 is 0 Å². The number of methoxy groups -OCH3 is 1. The van der Waals surface area contributed by atoms with Crippen LogP contribution in [0, 0.1) is 17.6 Å². The Bertz CT molecular complexity index is 906. The topological polar surface area (TPSA) is 80.7 Å². The molecule has 5 atom stereocenters. The molecule has 0 saturated carbocycles. The fourth-order valence-corrected chi connectivity index (χ4v) is 3.66. The fraction of sp³-hybridized carbons (Fsp3) is 0.429. The molecule has 0 spiro atoms. The van der Waals surface area contributed by atoms with E-state index in [2.05, 4.69) is 10.3 Å². The average molecular weight is 406 g/mol. The Kier molecular flexibility index (Phi) is 6.14. The lowest BCUT2D eigenvalue weighted by atomic mass is 9.82. The predicted molar refractivity (Wildman–Crippen MR) is 103 cm³/mol. The molecule has 0 bridgehead atoms. The van der Waals surface area contributed by atoms with E-state index in [-0.39, 0.29) is 17.8 Å². The molecule has 1 fully saturated rings. The van der Waals surface area contributed by atoms with Gasteiger partial charge in [-0.05, 0) is 38.0 Å². The number of amides is 1. The van der Waals surface area contributed by atoms with Crippen LogP contribution in [0.2, 0.25) is 0 Å². The highest BCUT2D eigenvalue weighted by molar-refractivity contribution is 5.95. The van der Waals surface area contributed by atoms with Gasteiger partial charge in [-0.15, -0.1) is 0 Å². The molecule has 2 aromatic rings. The van der Waals surface area contributed by atoms with E-state index < -0.39 is 35.7 Å². The van der Waals surface area contributed by atoms with Crippen LogP contribution in [-0.4, -0.2) is 35.3 Å². The summed E-state index contributed by atoms with van der Waals surface area (Å²) in [7, 11) is 1.26. The van der Waals surface area contributed by atoms with E-state index in [9.17, 15) is 18.7 Å². The fourth-order valence-electron chi connectivity index (χ4n) is 3.66. The number of ether oxygens (including phenoxy) is 2. The van der Waals surface area contributed by atoms with Gasteiger partial charge in [0, 0.05) is 23.4 Å². The molecule has 2 heterocycles. The van der Waals surface area contributed by atoms with E-state index in [0.29, 0.717) is 16.9 Å². The second-order valence-corrected chi connectivity index (χ2v) is 7.27. The van der Waals surface area contributed by atoms with Crippen LogP contribution in [0.1, 0.15) is 44.1 Å². The number of aromatic nitrogens is 1. The van der Waals surface area contributed by atoms with Gasteiger partial charge < -0.3 is 19.9 Å². The first-order valence-corrected chi connectivity index (χ1v) is 9.36. The SMILES string of the molecule is COc1c(C2C(C(=O)Nc3ccnc(C(C)O)c3)O[C@H](C)[C@H]2C)ccc(F)c1F. The van der Waals surface area contributed by atoms with Gasteiger partial charge >= 0.3 is 0 Å². The van der Waals surface area contributed by atoms with E-state index in [1.54, 1.807) is 19.1 Å². The monoisotopic (exact) mass is 406 g/mol. The summed E-state index contributed by atoms with van der Waals surface area (Å²) < 4.78 is 38.9. The molecule has 8 heteroatoms. The lowest BCUT2D eigenvalue weighted by molar-refractivity contribution is -0.127. The molecule has 1 aromatic heterocycles. The summed E-state index contributed by atoms with van der Waals surface area (Å²) in [5.74, 6) is -3.44. The summed E-state index contributed by atoms with van der Waals surface area (Å²) in [5.41, 5.74) is 1.24. The van der Waals surface area contributed by atoms with Gasteiger partial charge in [0.05, 0.1) is 25.0 Å². The number of pyridine rings is 1. The number of hydrogen-bond donors (Lipinski definition) is 2. The third kappa shape index (κ3) is 4.09. The van der Waals surface area contributed by atoms with Crippen molar-refractivity contribution in [3.05, 3.63) is 53.4 Å². The number of hydrogen-bond acceptors (Lipinski definition) is 5. The van der Waals surface area contributed by atoms with Gasteiger partial charge in [0.1, 0.15) is 6.10 Å². The van der Waals surface area contributed by atoms with Gasteiger partial charge in [0.2, 0.25) is 5.82 Å². The lowest BCUT2D eigenvalue weighted by Gasteiger charge is -2.23. The molecule has 0 aliphatic carbocycles. The molecule has 2 N–H and O–H groups in total. The van der Waals surface area contributed by atoms with Crippen LogP contribution in [0.15, 0.2) is 30.5 Å². The molecule has 1 aromatic carbocycles. The van der Waals surface area contributed by atoms with Crippen LogP contribution in [0.25, 0.3) is 0 Å². The van der Waals surface area contributed by atoms with Crippen LogP contribution in [0.4, 0.5) is 14.5 Å². The molecular formula is C21H24F2N2O4. The molecular weight excluding hydrogens is 382 g/mol. The Hall–Kier alpha value is -2.58. The van der Waals surface area contributed by atoms with E-state index in [1.165, 1.54) is 19.4 Å². The molecule has 29 heavy (non-hydrogen) atoms. The first-order chi connectivity index (χ1) is 13.7. The third-order valence-electron chi connectivity index (χ3n) is 5.37. The van der Waals surface area contributed by atoms with Gasteiger partial charge in [-0.2, -0.15) is 4.39 Å². The molecule has 3 rings (SSSR count). The standard InChI is InChI=1S/C21H24F2N2O4/c1-10-12(3)29-20(17(10)14-5-6-15(22)18(23)19(14)28-4)21(27)25-13-7-8-24-16(9-13)11(2)26/h5-12,17,20,26H,1-4H3,(H,24,25,27)/t10-,11?,12-,17?,20?/m1/s1.